The Morgan fingerprint density at radius 1 is 0.971 bits per heavy atom. The van der Waals surface area contributed by atoms with Crippen LogP contribution in [0, 0.1) is 13.8 Å². The van der Waals surface area contributed by atoms with Crippen molar-refractivity contribution in [3.8, 4) is 17.0 Å². The van der Waals surface area contributed by atoms with Gasteiger partial charge >= 0.3 is 0 Å². The normalized spacial score (nSPS) is 10.5. The fourth-order valence-electron chi connectivity index (χ4n) is 3.53. The first-order valence-corrected chi connectivity index (χ1v) is 11.0. The van der Waals surface area contributed by atoms with Crippen LogP contribution >= 0.6 is 0 Å². The van der Waals surface area contributed by atoms with E-state index >= 15 is 0 Å². The first kappa shape index (κ1) is 23.5. The number of nitrogens with two attached hydrogens (primary N) is 1. The lowest BCUT2D eigenvalue weighted by atomic mass is 10.1. The molecule has 0 radical (unpaired) electrons. The maximum Gasteiger partial charge on any atom is 0.248 e. The van der Waals surface area contributed by atoms with Gasteiger partial charge in [0.2, 0.25) is 11.9 Å². The maximum absolute atomic E-state index is 11.2. The van der Waals surface area contributed by atoms with Crippen LogP contribution in [0.1, 0.15) is 21.7 Å². The Kier molecular flexibility index (Phi) is 6.77. The van der Waals surface area contributed by atoms with Gasteiger partial charge in [-0.2, -0.15) is 10.1 Å². The first-order valence-electron chi connectivity index (χ1n) is 11.0. The van der Waals surface area contributed by atoms with Gasteiger partial charge in [0.1, 0.15) is 5.75 Å². The second-order valence-corrected chi connectivity index (χ2v) is 7.96. The molecule has 9 heteroatoms. The molecule has 1 amide bonds. The van der Waals surface area contributed by atoms with E-state index in [1.807, 2.05) is 68.0 Å². The topological polar surface area (TPSA) is 112 Å². The molecule has 2 aromatic carbocycles. The molecule has 0 spiro atoms. The molecule has 0 saturated heterocycles. The van der Waals surface area contributed by atoms with Crippen LogP contribution in [0.25, 0.3) is 16.9 Å². The third kappa shape index (κ3) is 5.47. The van der Waals surface area contributed by atoms with Gasteiger partial charge in [-0.3, -0.25) is 9.48 Å². The van der Waals surface area contributed by atoms with Crippen LogP contribution in [0.4, 0.5) is 11.6 Å². The fraction of sp³-hybridized carbons (Fsp3) is 0.154. The van der Waals surface area contributed by atoms with Gasteiger partial charge in [-0.15, -0.1) is 5.10 Å². The average molecular weight is 470 g/mol. The van der Waals surface area contributed by atoms with Crippen LogP contribution in [0.15, 0.2) is 72.8 Å². The number of carbonyl (C=O) groups excluding carboxylic acids is 1. The number of aromatic nitrogens is 5. The number of anilines is 2. The van der Waals surface area contributed by atoms with Gasteiger partial charge < -0.3 is 15.8 Å². The number of nitrogens with one attached hydrogen (secondary N) is 1. The Morgan fingerprint density at radius 2 is 1.69 bits per heavy atom. The smallest absolute Gasteiger partial charge is 0.248 e. The lowest BCUT2D eigenvalue weighted by molar-refractivity contribution is 0.100. The standard InChI is InChI=1S/C20H17N5O2.C6H10N2/c1-27-16-11-7-13(8-12-16)17-3-2-4-18-23-20(24-25(17)18)22-15-9-5-14(6-10-15)19(21)26;1-5-4-6(2)8(3)7-5/h2-12H,1H3,(H2,21,26)(H,22,24);4H,1-3H3. The van der Waals surface area contributed by atoms with E-state index in [9.17, 15) is 4.79 Å². The van der Waals surface area contributed by atoms with Crippen molar-refractivity contribution in [3.05, 3.63) is 89.7 Å². The molecule has 178 valence electrons. The molecule has 0 bridgehead atoms. The van der Waals surface area contributed by atoms with Crippen LogP contribution in [-0.2, 0) is 7.05 Å². The number of methoxy groups -OCH3 is 1. The summed E-state index contributed by atoms with van der Waals surface area (Å²) in [6.45, 7) is 4.03. The Labute approximate surface area is 203 Å². The molecule has 0 saturated carbocycles. The number of fused-ring (bicyclic) bond motifs is 1. The number of amides is 1. The molecule has 5 rings (SSSR count). The van der Waals surface area contributed by atoms with Gasteiger partial charge in [-0.1, -0.05) is 6.07 Å². The van der Waals surface area contributed by atoms with E-state index in [1.54, 1.807) is 35.9 Å². The van der Waals surface area contributed by atoms with Crippen LogP contribution in [-0.4, -0.2) is 37.4 Å². The summed E-state index contributed by atoms with van der Waals surface area (Å²) < 4.78 is 8.86. The Balaban J connectivity index is 0.000000308. The molecule has 0 aliphatic heterocycles. The summed E-state index contributed by atoms with van der Waals surface area (Å²) in [5, 5.41) is 11.8. The summed E-state index contributed by atoms with van der Waals surface area (Å²) >= 11 is 0. The Morgan fingerprint density at radius 3 is 2.23 bits per heavy atom. The van der Waals surface area contributed by atoms with Crippen molar-refractivity contribution >= 4 is 23.2 Å². The van der Waals surface area contributed by atoms with Gasteiger partial charge in [0, 0.05) is 29.6 Å². The highest BCUT2D eigenvalue weighted by atomic mass is 16.5. The molecule has 9 nitrogen and oxygen atoms in total. The minimum absolute atomic E-state index is 0.449. The average Bonchev–Trinajstić information content (AvgIpc) is 3.40. The molecule has 5 aromatic rings. The molecule has 3 aromatic heterocycles. The molecule has 0 aliphatic rings. The fourth-order valence-corrected chi connectivity index (χ4v) is 3.53. The lowest BCUT2D eigenvalue weighted by Gasteiger charge is -2.05. The second kappa shape index (κ2) is 10.1. The molecule has 0 fully saturated rings. The van der Waals surface area contributed by atoms with Gasteiger partial charge in [0.15, 0.2) is 5.65 Å². The minimum Gasteiger partial charge on any atom is -0.497 e. The number of rotatable bonds is 5. The number of nitrogens with zero attached hydrogens (tertiary/aromatic N) is 5. The van der Waals surface area contributed by atoms with E-state index in [2.05, 4.69) is 26.6 Å². The molecule has 3 heterocycles. The zero-order valence-electron chi connectivity index (χ0n) is 20.1. The number of benzene rings is 2. The van der Waals surface area contributed by atoms with Crippen molar-refractivity contribution in [1.29, 1.82) is 0 Å². The molecular formula is C26H27N7O2. The predicted molar refractivity (Wildman–Crippen MR) is 136 cm³/mol. The molecule has 35 heavy (non-hydrogen) atoms. The van der Waals surface area contributed by atoms with E-state index in [1.165, 1.54) is 5.69 Å². The highest BCUT2D eigenvalue weighted by molar-refractivity contribution is 5.93. The molecule has 0 unspecified atom stereocenters. The van der Waals surface area contributed by atoms with Crippen LogP contribution in [0.2, 0.25) is 0 Å². The van der Waals surface area contributed by atoms with Crippen molar-refractivity contribution < 1.29 is 9.53 Å². The van der Waals surface area contributed by atoms with Crippen molar-refractivity contribution in [1.82, 2.24) is 24.4 Å². The van der Waals surface area contributed by atoms with E-state index in [-0.39, 0.29) is 0 Å². The monoisotopic (exact) mass is 469 g/mol. The van der Waals surface area contributed by atoms with Crippen molar-refractivity contribution in [3.63, 3.8) is 0 Å². The van der Waals surface area contributed by atoms with Gasteiger partial charge in [0.25, 0.3) is 0 Å². The third-order valence-electron chi connectivity index (χ3n) is 5.41. The Bertz CT molecular complexity index is 1430. The number of carbonyl (C=O) groups is 1. The van der Waals surface area contributed by atoms with Crippen LogP contribution in [0.5, 0.6) is 5.75 Å². The Hall–Kier alpha value is -4.66. The quantitative estimate of drug-likeness (QED) is 0.397. The molecule has 0 aliphatic carbocycles. The summed E-state index contributed by atoms with van der Waals surface area (Å²) in [5.41, 5.74) is 11.4. The highest BCUT2D eigenvalue weighted by Crippen LogP contribution is 2.24. The lowest BCUT2D eigenvalue weighted by Crippen LogP contribution is -2.10. The maximum atomic E-state index is 11.2. The van der Waals surface area contributed by atoms with Crippen molar-refractivity contribution in [2.75, 3.05) is 12.4 Å². The van der Waals surface area contributed by atoms with Crippen molar-refractivity contribution in [2.24, 2.45) is 12.8 Å². The number of hydrogen-bond acceptors (Lipinski definition) is 6. The van der Waals surface area contributed by atoms with E-state index in [4.69, 9.17) is 10.5 Å². The minimum atomic E-state index is -0.462. The number of aryl methyl sites for hydroxylation is 3. The number of ether oxygens (including phenoxy) is 1. The predicted octanol–water partition coefficient (Wildman–Crippen LogP) is 4.28. The van der Waals surface area contributed by atoms with Gasteiger partial charge in [-0.25, -0.2) is 4.52 Å². The highest BCUT2D eigenvalue weighted by Gasteiger charge is 2.10. The van der Waals surface area contributed by atoms with E-state index < -0.39 is 5.91 Å². The summed E-state index contributed by atoms with van der Waals surface area (Å²) in [6.07, 6.45) is 0. The molecular weight excluding hydrogens is 442 g/mol. The second-order valence-electron chi connectivity index (χ2n) is 7.96. The zero-order valence-corrected chi connectivity index (χ0v) is 20.1. The van der Waals surface area contributed by atoms with Crippen molar-refractivity contribution in [2.45, 2.75) is 13.8 Å². The summed E-state index contributed by atoms with van der Waals surface area (Å²) in [5.74, 6) is 0.797. The molecule has 3 N–H and O–H groups in total. The number of pyridine rings is 1. The molecule has 0 atom stereocenters. The summed E-state index contributed by atoms with van der Waals surface area (Å²) in [7, 11) is 3.59. The van der Waals surface area contributed by atoms with E-state index in [0.717, 1.165) is 34.0 Å². The SMILES string of the molecule is COc1ccc(-c2cccc3nc(Nc4ccc(C(N)=O)cc4)nn23)cc1.Cc1cc(C)n(C)n1. The third-order valence-corrected chi connectivity index (χ3v) is 5.41. The van der Waals surface area contributed by atoms with Gasteiger partial charge in [0.05, 0.1) is 18.5 Å². The van der Waals surface area contributed by atoms with Crippen LogP contribution in [0.3, 0.4) is 0 Å². The number of hydrogen-bond donors (Lipinski definition) is 2. The number of primary amides is 1. The first-order chi connectivity index (χ1) is 16.8. The summed E-state index contributed by atoms with van der Waals surface area (Å²) in [6, 6.07) is 22.5. The summed E-state index contributed by atoms with van der Waals surface area (Å²) in [4.78, 5) is 15.7. The largest absolute Gasteiger partial charge is 0.497 e. The zero-order chi connectivity index (χ0) is 24.9. The van der Waals surface area contributed by atoms with E-state index in [0.29, 0.717) is 11.5 Å². The van der Waals surface area contributed by atoms with Gasteiger partial charge in [-0.05, 0) is 80.6 Å². The van der Waals surface area contributed by atoms with Crippen LogP contribution < -0.4 is 15.8 Å².